The first-order valence-corrected chi connectivity index (χ1v) is 3.38. The number of nitrogens with one attached hydrogen (secondary N) is 1. The summed E-state index contributed by atoms with van der Waals surface area (Å²) in [5, 5.41) is 5.07. The first kappa shape index (κ1) is 7.27. The average Bonchev–Trinajstić information content (AvgIpc) is 1.69. The second kappa shape index (κ2) is 6.27. The minimum atomic E-state index is 1.03. The molecule has 0 fully saturated rings. The van der Waals surface area contributed by atoms with Gasteiger partial charge in [0.2, 0.25) is 0 Å². The molecule has 0 saturated carbocycles. The molecular formula is C4H12N2S. The largest absolute Gasteiger partial charge is 0.264 e. The molecule has 0 radical (unpaired) electrons. The molecule has 0 amide bonds. The molecule has 0 unspecified atom stereocenters. The van der Waals surface area contributed by atoms with E-state index in [0.29, 0.717) is 0 Å². The molecule has 0 aliphatic rings. The molecule has 0 aromatic heterocycles. The van der Waals surface area contributed by atoms with Crippen molar-refractivity contribution in [3.63, 3.8) is 0 Å². The van der Waals surface area contributed by atoms with Crippen LogP contribution in [0.3, 0.4) is 0 Å². The normalized spacial score (nSPS) is 9.43. The summed E-state index contributed by atoms with van der Waals surface area (Å²) in [6.45, 7) is 3.18. The monoisotopic (exact) mass is 120 g/mol. The van der Waals surface area contributed by atoms with Crippen molar-refractivity contribution in [3.05, 3.63) is 0 Å². The zero-order valence-corrected chi connectivity index (χ0v) is 5.42. The summed E-state index contributed by atoms with van der Waals surface area (Å²) in [7, 11) is 0. The predicted molar refractivity (Wildman–Crippen MR) is 34.7 cm³/mol. The summed E-state index contributed by atoms with van der Waals surface area (Å²) < 4.78 is 2.94. The van der Waals surface area contributed by atoms with E-state index < -0.39 is 0 Å². The van der Waals surface area contributed by atoms with Crippen molar-refractivity contribution in [3.8, 4) is 0 Å². The smallest absolute Gasteiger partial charge is 0.00703 e. The van der Waals surface area contributed by atoms with Crippen LogP contribution in [0.4, 0.5) is 0 Å². The fourth-order valence-electron chi connectivity index (χ4n) is 0.308. The SMILES string of the molecule is CCCCNSN. The first-order valence-electron chi connectivity index (χ1n) is 2.50. The van der Waals surface area contributed by atoms with Gasteiger partial charge >= 0.3 is 0 Å². The number of nitrogens with two attached hydrogens (primary N) is 1. The molecule has 7 heavy (non-hydrogen) atoms. The van der Waals surface area contributed by atoms with E-state index in [1.165, 1.54) is 25.0 Å². The first-order chi connectivity index (χ1) is 3.41. The highest BCUT2D eigenvalue weighted by Gasteiger charge is 1.78. The Morgan fingerprint density at radius 2 is 2.43 bits per heavy atom. The third kappa shape index (κ3) is 6.27. The van der Waals surface area contributed by atoms with E-state index in [-0.39, 0.29) is 0 Å². The van der Waals surface area contributed by atoms with E-state index in [0.717, 1.165) is 6.54 Å². The van der Waals surface area contributed by atoms with Gasteiger partial charge in [-0.15, -0.1) is 0 Å². The zero-order chi connectivity index (χ0) is 5.54. The Bertz CT molecular complexity index is 28.9. The van der Waals surface area contributed by atoms with E-state index >= 15 is 0 Å². The van der Waals surface area contributed by atoms with E-state index in [1.807, 2.05) is 0 Å². The van der Waals surface area contributed by atoms with Crippen LogP contribution in [0.25, 0.3) is 0 Å². The molecule has 0 aliphatic heterocycles. The van der Waals surface area contributed by atoms with Crippen molar-refractivity contribution in [1.82, 2.24) is 4.72 Å². The predicted octanol–water partition coefficient (Wildman–Crippen LogP) is 0.898. The van der Waals surface area contributed by atoms with Gasteiger partial charge < -0.3 is 0 Å². The molecule has 2 nitrogen and oxygen atoms in total. The summed E-state index contributed by atoms with van der Waals surface area (Å²) in [6, 6.07) is 0. The van der Waals surface area contributed by atoms with Crippen LogP contribution in [-0.4, -0.2) is 6.54 Å². The molecule has 0 aliphatic carbocycles. The Kier molecular flexibility index (Phi) is 6.51. The van der Waals surface area contributed by atoms with Crippen LogP contribution in [0.15, 0.2) is 0 Å². The van der Waals surface area contributed by atoms with Gasteiger partial charge in [-0.2, -0.15) is 0 Å². The molecule has 0 aromatic rings. The van der Waals surface area contributed by atoms with Crippen LogP contribution in [-0.2, 0) is 0 Å². The second-order valence-electron chi connectivity index (χ2n) is 1.37. The number of hydrogen-bond acceptors (Lipinski definition) is 3. The van der Waals surface area contributed by atoms with Gasteiger partial charge in [0, 0.05) is 18.7 Å². The van der Waals surface area contributed by atoms with Gasteiger partial charge in [-0.3, -0.25) is 9.86 Å². The molecule has 0 saturated heterocycles. The zero-order valence-electron chi connectivity index (χ0n) is 4.61. The fraction of sp³-hybridized carbons (Fsp3) is 1.00. The topological polar surface area (TPSA) is 38.0 Å². The van der Waals surface area contributed by atoms with Crippen LogP contribution in [0.1, 0.15) is 19.8 Å². The lowest BCUT2D eigenvalue weighted by atomic mass is 10.3. The van der Waals surface area contributed by atoms with Gasteiger partial charge in [0.15, 0.2) is 0 Å². The quantitative estimate of drug-likeness (QED) is 0.427. The Balaban J connectivity index is 2.45. The Labute approximate surface area is 49.1 Å². The third-order valence-corrected chi connectivity index (χ3v) is 1.09. The van der Waals surface area contributed by atoms with Crippen LogP contribution in [0.2, 0.25) is 0 Å². The molecule has 0 rings (SSSR count). The molecule has 3 N–H and O–H groups in total. The standard InChI is InChI=1S/C4H12N2S/c1-2-3-4-6-7-5/h6H,2-5H2,1H3. The maximum atomic E-state index is 5.07. The highest BCUT2D eigenvalue weighted by atomic mass is 32.2. The number of hydrogen-bond donors (Lipinski definition) is 2. The van der Waals surface area contributed by atoms with E-state index in [4.69, 9.17) is 5.14 Å². The van der Waals surface area contributed by atoms with Crippen molar-refractivity contribution >= 4 is 12.1 Å². The van der Waals surface area contributed by atoms with Crippen molar-refractivity contribution in [1.29, 1.82) is 0 Å². The Morgan fingerprint density at radius 3 is 2.86 bits per heavy atom. The van der Waals surface area contributed by atoms with Crippen LogP contribution >= 0.6 is 12.1 Å². The van der Waals surface area contributed by atoms with Gasteiger partial charge in [0.1, 0.15) is 0 Å². The van der Waals surface area contributed by atoms with Gasteiger partial charge in [0.25, 0.3) is 0 Å². The van der Waals surface area contributed by atoms with Gasteiger partial charge in [-0.25, -0.2) is 0 Å². The summed E-state index contributed by atoms with van der Waals surface area (Å²) in [5.74, 6) is 0. The van der Waals surface area contributed by atoms with Gasteiger partial charge in [-0.1, -0.05) is 13.3 Å². The Morgan fingerprint density at radius 1 is 1.71 bits per heavy atom. The van der Waals surface area contributed by atoms with E-state index in [9.17, 15) is 0 Å². The summed E-state index contributed by atoms with van der Waals surface area (Å²) in [6.07, 6.45) is 2.44. The molecule has 3 heteroatoms. The van der Waals surface area contributed by atoms with Crippen LogP contribution in [0.5, 0.6) is 0 Å². The Hall–Kier alpha value is 0.270. The molecule has 0 bridgehead atoms. The minimum absolute atomic E-state index is 1.03. The minimum Gasteiger partial charge on any atom is -0.264 e. The summed E-state index contributed by atoms with van der Waals surface area (Å²) in [4.78, 5) is 0. The van der Waals surface area contributed by atoms with Crippen molar-refractivity contribution in [2.24, 2.45) is 5.14 Å². The van der Waals surface area contributed by atoms with Crippen molar-refractivity contribution < 1.29 is 0 Å². The lowest BCUT2D eigenvalue weighted by Gasteiger charge is -1.93. The lowest BCUT2D eigenvalue weighted by Crippen LogP contribution is -2.07. The van der Waals surface area contributed by atoms with Crippen molar-refractivity contribution in [2.45, 2.75) is 19.8 Å². The molecule has 0 aromatic carbocycles. The lowest BCUT2D eigenvalue weighted by molar-refractivity contribution is 0.776. The molecule has 0 spiro atoms. The number of rotatable bonds is 4. The highest BCUT2D eigenvalue weighted by Crippen LogP contribution is 1.84. The molecule has 44 valence electrons. The van der Waals surface area contributed by atoms with Gasteiger partial charge in [-0.05, 0) is 6.42 Å². The summed E-state index contributed by atoms with van der Waals surface area (Å²) >= 11 is 1.19. The van der Waals surface area contributed by atoms with E-state index in [1.54, 1.807) is 0 Å². The van der Waals surface area contributed by atoms with Crippen LogP contribution < -0.4 is 9.86 Å². The van der Waals surface area contributed by atoms with E-state index in [2.05, 4.69) is 11.6 Å². The average molecular weight is 120 g/mol. The molecular weight excluding hydrogens is 108 g/mol. The summed E-state index contributed by atoms with van der Waals surface area (Å²) in [5.41, 5.74) is 0. The molecule has 0 heterocycles. The maximum absolute atomic E-state index is 5.07. The highest BCUT2D eigenvalue weighted by molar-refractivity contribution is 7.95. The number of unbranched alkanes of at least 4 members (excludes halogenated alkanes) is 1. The maximum Gasteiger partial charge on any atom is 0.00703 e. The second-order valence-corrected chi connectivity index (χ2v) is 1.89. The fourth-order valence-corrected chi connectivity index (χ4v) is 0.570. The third-order valence-electron chi connectivity index (χ3n) is 0.716. The van der Waals surface area contributed by atoms with Gasteiger partial charge in [0.05, 0.1) is 0 Å². The van der Waals surface area contributed by atoms with Crippen LogP contribution in [0, 0.1) is 0 Å². The van der Waals surface area contributed by atoms with Crippen molar-refractivity contribution in [2.75, 3.05) is 6.54 Å². The molecule has 0 atom stereocenters.